The number of hydrogen-bond acceptors (Lipinski definition) is 5. The monoisotopic (exact) mass is 405 g/mol. The van der Waals surface area contributed by atoms with Gasteiger partial charge in [0.1, 0.15) is 12.4 Å². The van der Waals surface area contributed by atoms with Crippen molar-refractivity contribution in [2.75, 3.05) is 32.9 Å². The van der Waals surface area contributed by atoms with E-state index in [1.807, 2.05) is 30.3 Å². The van der Waals surface area contributed by atoms with E-state index in [9.17, 15) is 17.6 Å². The van der Waals surface area contributed by atoms with E-state index in [0.29, 0.717) is 13.2 Å². The van der Waals surface area contributed by atoms with E-state index in [0.717, 1.165) is 23.8 Å². The zero-order valence-electron chi connectivity index (χ0n) is 15.1. The highest BCUT2D eigenvalue weighted by Crippen LogP contribution is 2.21. The third-order valence-electron chi connectivity index (χ3n) is 4.19. The van der Waals surface area contributed by atoms with Crippen molar-refractivity contribution in [3.63, 3.8) is 0 Å². The summed E-state index contributed by atoms with van der Waals surface area (Å²) >= 11 is 0. The van der Waals surface area contributed by atoms with E-state index >= 15 is 0 Å². The Bertz CT molecular complexity index is 954. The van der Waals surface area contributed by atoms with Crippen LogP contribution in [-0.2, 0) is 19.5 Å². The van der Waals surface area contributed by atoms with E-state index < -0.39 is 27.4 Å². The van der Waals surface area contributed by atoms with Crippen LogP contribution in [0.4, 0.5) is 4.39 Å². The molecule has 1 heterocycles. The van der Waals surface area contributed by atoms with Crippen LogP contribution in [0.25, 0.3) is 6.08 Å². The van der Waals surface area contributed by atoms with Crippen molar-refractivity contribution in [3.05, 3.63) is 71.6 Å². The largest absolute Gasteiger partial charge is 0.458 e. The van der Waals surface area contributed by atoms with Crippen LogP contribution in [-0.4, -0.2) is 51.6 Å². The Morgan fingerprint density at radius 1 is 1.14 bits per heavy atom. The summed E-state index contributed by atoms with van der Waals surface area (Å²) in [6.45, 7) is 0.952. The van der Waals surface area contributed by atoms with Crippen molar-refractivity contribution in [3.8, 4) is 0 Å². The van der Waals surface area contributed by atoms with Crippen LogP contribution in [0, 0.1) is 5.82 Å². The Morgan fingerprint density at radius 3 is 2.57 bits per heavy atom. The molecule has 28 heavy (non-hydrogen) atoms. The highest BCUT2D eigenvalue weighted by Gasteiger charge is 2.28. The Kier molecular flexibility index (Phi) is 6.56. The number of nitrogens with zero attached hydrogens (tertiary/aromatic N) is 1. The fourth-order valence-electron chi connectivity index (χ4n) is 2.71. The van der Waals surface area contributed by atoms with Gasteiger partial charge in [0, 0.05) is 13.1 Å². The van der Waals surface area contributed by atoms with Gasteiger partial charge < -0.3 is 9.47 Å². The molecule has 0 unspecified atom stereocenters. The lowest BCUT2D eigenvalue weighted by atomic mass is 10.2. The second-order valence-electron chi connectivity index (χ2n) is 6.07. The first-order valence-electron chi connectivity index (χ1n) is 8.74. The smallest absolute Gasteiger partial charge is 0.341 e. The number of sulfonamides is 1. The molecule has 0 spiro atoms. The first-order valence-corrected chi connectivity index (χ1v) is 10.2. The van der Waals surface area contributed by atoms with Crippen LogP contribution < -0.4 is 0 Å². The number of rotatable bonds is 6. The third-order valence-corrected chi connectivity index (χ3v) is 6.08. The molecule has 0 bridgehead atoms. The zero-order chi connectivity index (χ0) is 20.0. The molecule has 1 aliphatic heterocycles. The summed E-state index contributed by atoms with van der Waals surface area (Å²) in [5.41, 5.74) is 0.519. The van der Waals surface area contributed by atoms with Crippen LogP contribution in [0.1, 0.15) is 15.9 Å². The summed E-state index contributed by atoms with van der Waals surface area (Å²) in [7, 11) is -3.83. The molecule has 3 rings (SSSR count). The Labute approximate surface area is 163 Å². The highest BCUT2D eigenvalue weighted by atomic mass is 32.2. The lowest BCUT2D eigenvalue weighted by Gasteiger charge is -2.26. The lowest BCUT2D eigenvalue weighted by Crippen LogP contribution is -2.40. The highest BCUT2D eigenvalue weighted by molar-refractivity contribution is 7.89. The van der Waals surface area contributed by atoms with Gasteiger partial charge in [-0.05, 0) is 29.8 Å². The Balaban J connectivity index is 1.70. The molecule has 2 aromatic carbocycles. The predicted octanol–water partition coefficient (Wildman–Crippen LogP) is 2.72. The van der Waals surface area contributed by atoms with Gasteiger partial charge in [-0.15, -0.1) is 0 Å². The average molecular weight is 405 g/mol. The number of carbonyl (C=O) groups is 1. The molecule has 8 heteroatoms. The van der Waals surface area contributed by atoms with E-state index in [2.05, 4.69) is 0 Å². The summed E-state index contributed by atoms with van der Waals surface area (Å²) in [6, 6.07) is 12.5. The zero-order valence-corrected chi connectivity index (χ0v) is 15.9. The van der Waals surface area contributed by atoms with Gasteiger partial charge >= 0.3 is 5.97 Å². The SMILES string of the molecule is O=C(OC/C=C/c1ccccc1)c1cc(S(=O)(=O)N2CCOCC2)ccc1F. The topological polar surface area (TPSA) is 72.9 Å². The minimum Gasteiger partial charge on any atom is -0.458 e. The minimum absolute atomic E-state index is 0.0619. The number of esters is 1. The second kappa shape index (κ2) is 9.09. The number of hydrogen-bond donors (Lipinski definition) is 0. The molecule has 148 valence electrons. The van der Waals surface area contributed by atoms with E-state index in [4.69, 9.17) is 9.47 Å². The molecule has 0 radical (unpaired) electrons. The van der Waals surface area contributed by atoms with Crippen molar-refractivity contribution in [1.82, 2.24) is 4.31 Å². The first-order chi connectivity index (χ1) is 13.5. The summed E-state index contributed by atoms with van der Waals surface area (Å²) in [5.74, 6) is -1.76. The minimum atomic E-state index is -3.83. The molecule has 0 atom stereocenters. The number of ether oxygens (including phenoxy) is 2. The van der Waals surface area contributed by atoms with Crippen molar-refractivity contribution < 1.29 is 27.1 Å². The normalized spacial score (nSPS) is 15.6. The van der Waals surface area contributed by atoms with Gasteiger partial charge in [0.05, 0.1) is 23.7 Å². The summed E-state index contributed by atoms with van der Waals surface area (Å²) in [4.78, 5) is 12.1. The van der Waals surface area contributed by atoms with Crippen LogP contribution in [0.2, 0.25) is 0 Å². The van der Waals surface area contributed by atoms with Gasteiger partial charge in [-0.2, -0.15) is 4.31 Å². The average Bonchev–Trinajstić information content (AvgIpc) is 2.72. The maximum absolute atomic E-state index is 14.1. The number of benzene rings is 2. The molecule has 0 amide bonds. The fraction of sp³-hybridized carbons (Fsp3) is 0.250. The summed E-state index contributed by atoms with van der Waals surface area (Å²) in [5, 5.41) is 0. The molecular weight excluding hydrogens is 385 g/mol. The number of morpholine rings is 1. The molecular formula is C20H20FNO5S. The molecule has 0 aromatic heterocycles. The molecule has 1 aliphatic rings. The van der Waals surface area contributed by atoms with Crippen LogP contribution in [0.15, 0.2) is 59.5 Å². The molecule has 0 saturated carbocycles. The fourth-order valence-corrected chi connectivity index (χ4v) is 4.14. The van der Waals surface area contributed by atoms with Crippen molar-refractivity contribution >= 4 is 22.1 Å². The van der Waals surface area contributed by atoms with Crippen molar-refractivity contribution in [2.45, 2.75) is 4.90 Å². The second-order valence-corrected chi connectivity index (χ2v) is 8.01. The maximum atomic E-state index is 14.1. The molecule has 2 aromatic rings. The Morgan fingerprint density at radius 2 is 1.86 bits per heavy atom. The molecule has 1 fully saturated rings. The van der Waals surface area contributed by atoms with Crippen molar-refractivity contribution in [2.24, 2.45) is 0 Å². The molecule has 0 aliphatic carbocycles. The van der Waals surface area contributed by atoms with Gasteiger partial charge in [-0.1, -0.05) is 36.4 Å². The lowest BCUT2D eigenvalue weighted by molar-refractivity contribution is 0.0544. The Hall–Kier alpha value is -2.55. The third kappa shape index (κ3) is 4.83. The molecule has 0 N–H and O–H groups in total. The van der Waals surface area contributed by atoms with Gasteiger partial charge in [0.2, 0.25) is 10.0 Å². The number of halogens is 1. The van der Waals surface area contributed by atoms with E-state index in [1.165, 1.54) is 4.31 Å². The van der Waals surface area contributed by atoms with Crippen LogP contribution >= 0.6 is 0 Å². The van der Waals surface area contributed by atoms with Gasteiger partial charge in [0.25, 0.3) is 0 Å². The van der Waals surface area contributed by atoms with Gasteiger partial charge in [0.15, 0.2) is 0 Å². The van der Waals surface area contributed by atoms with E-state index in [1.54, 1.807) is 12.2 Å². The molecule has 1 saturated heterocycles. The molecule has 6 nitrogen and oxygen atoms in total. The first kappa shape index (κ1) is 20.2. The van der Waals surface area contributed by atoms with Crippen LogP contribution in [0.5, 0.6) is 0 Å². The number of carbonyl (C=O) groups excluding carboxylic acids is 1. The standard InChI is InChI=1S/C20H20FNO5S/c21-19-9-8-17(28(24,25)22-10-13-26-14-11-22)15-18(19)20(23)27-12-4-7-16-5-2-1-3-6-16/h1-9,15H,10-14H2/b7-4+. The van der Waals surface area contributed by atoms with Crippen LogP contribution in [0.3, 0.4) is 0 Å². The summed E-state index contributed by atoms with van der Waals surface area (Å²) < 4.78 is 50.9. The maximum Gasteiger partial charge on any atom is 0.341 e. The van der Waals surface area contributed by atoms with Crippen molar-refractivity contribution in [1.29, 1.82) is 0 Å². The quantitative estimate of drug-likeness (QED) is 0.691. The van der Waals surface area contributed by atoms with Gasteiger partial charge in [-0.3, -0.25) is 0 Å². The van der Waals surface area contributed by atoms with E-state index in [-0.39, 0.29) is 24.6 Å². The predicted molar refractivity (Wildman–Crippen MR) is 102 cm³/mol. The summed E-state index contributed by atoms with van der Waals surface area (Å²) in [6.07, 6.45) is 3.39. The van der Waals surface area contributed by atoms with Gasteiger partial charge in [-0.25, -0.2) is 17.6 Å².